The molecule has 1 atom stereocenters. The Bertz CT molecular complexity index is 438. The lowest BCUT2D eigenvalue weighted by Gasteiger charge is -2.21. The Morgan fingerprint density at radius 3 is 2.81 bits per heavy atom. The highest BCUT2D eigenvalue weighted by Crippen LogP contribution is 2.32. The zero-order valence-corrected chi connectivity index (χ0v) is 12.9. The van der Waals surface area contributed by atoms with Crippen LogP contribution in [0.5, 0.6) is 11.5 Å². The highest BCUT2D eigenvalue weighted by atomic mass is 16.5. The number of benzene rings is 1. The molecule has 1 aliphatic heterocycles. The standard InChI is InChI=1S/C16H25NO4/c1-17(7-3-8-19-2)12-14(18)13-5-6-15-16(11-13)21-10-4-9-20-15/h5-6,11,14,18H,3-4,7-10,12H2,1-2H3. The van der Waals surface area contributed by atoms with Gasteiger partial charge < -0.3 is 24.2 Å². The Balaban J connectivity index is 1.93. The van der Waals surface area contributed by atoms with Crippen molar-refractivity contribution in [3.63, 3.8) is 0 Å². The third-order valence-corrected chi connectivity index (χ3v) is 3.53. The summed E-state index contributed by atoms with van der Waals surface area (Å²) in [5.41, 5.74) is 0.859. The average molecular weight is 295 g/mol. The fraction of sp³-hybridized carbons (Fsp3) is 0.625. The van der Waals surface area contributed by atoms with Crippen molar-refractivity contribution < 1.29 is 19.3 Å². The van der Waals surface area contributed by atoms with E-state index in [1.54, 1.807) is 7.11 Å². The molecule has 0 aromatic heterocycles. The van der Waals surface area contributed by atoms with Crippen molar-refractivity contribution in [1.29, 1.82) is 0 Å². The maximum atomic E-state index is 10.4. The number of nitrogens with zero attached hydrogens (tertiary/aromatic N) is 1. The Labute approximate surface area is 126 Å². The van der Waals surface area contributed by atoms with Gasteiger partial charge >= 0.3 is 0 Å². The first-order chi connectivity index (χ1) is 10.2. The molecule has 0 bridgehead atoms. The number of methoxy groups -OCH3 is 1. The molecule has 1 N–H and O–H groups in total. The first-order valence-electron chi connectivity index (χ1n) is 7.46. The highest BCUT2D eigenvalue weighted by molar-refractivity contribution is 5.44. The zero-order valence-electron chi connectivity index (χ0n) is 12.9. The molecule has 21 heavy (non-hydrogen) atoms. The fourth-order valence-corrected chi connectivity index (χ4v) is 2.36. The van der Waals surface area contributed by atoms with E-state index in [9.17, 15) is 5.11 Å². The molecule has 0 saturated heterocycles. The Morgan fingerprint density at radius 1 is 1.29 bits per heavy atom. The summed E-state index contributed by atoms with van der Waals surface area (Å²) < 4.78 is 16.3. The summed E-state index contributed by atoms with van der Waals surface area (Å²) in [7, 11) is 3.70. The van der Waals surface area contributed by atoms with Gasteiger partial charge in [-0.3, -0.25) is 0 Å². The molecule has 1 aromatic rings. The van der Waals surface area contributed by atoms with Crippen molar-refractivity contribution in [2.45, 2.75) is 18.9 Å². The van der Waals surface area contributed by atoms with Crippen molar-refractivity contribution in [3.8, 4) is 11.5 Å². The number of aliphatic hydroxyl groups excluding tert-OH is 1. The van der Waals surface area contributed by atoms with Crippen molar-refractivity contribution in [2.75, 3.05) is 47.1 Å². The molecule has 1 aliphatic rings. The van der Waals surface area contributed by atoms with Crippen LogP contribution >= 0.6 is 0 Å². The van der Waals surface area contributed by atoms with Crippen molar-refractivity contribution >= 4 is 0 Å². The predicted molar refractivity (Wildman–Crippen MR) is 81.0 cm³/mol. The minimum absolute atomic E-state index is 0.533. The average Bonchev–Trinajstić information content (AvgIpc) is 2.71. The number of hydrogen-bond acceptors (Lipinski definition) is 5. The first-order valence-corrected chi connectivity index (χ1v) is 7.46. The molecule has 0 amide bonds. The Morgan fingerprint density at radius 2 is 2.05 bits per heavy atom. The maximum absolute atomic E-state index is 10.4. The van der Waals surface area contributed by atoms with Crippen LogP contribution < -0.4 is 9.47 Å². The van der Waals surface area contributed by atoms with E-state index in [0.717, 1.165) is 43.1 Å². The normalized spacial score (nSPS) is 15.8. The lowest BCUT2D eigenvalue weighted by atomic mass is 10.1. The van der Waals surface area contributed by atoms with Crippen molar-refractivity contribution in [2.24, 2.45) is 0 Å². The number of rotatable bonds is 7. The van der Waals surface area contributed by atoms with E-state index < -0.39 is 6.10 Å². The van der Waals surface area contributed by atoms with Crippen molar-refractivity contribution in [3.05, 3.63) is 23.8 Å². The largest absolute Gasteiger partial charge is 0.490 e. The SMILES string of the molecule is COCCCN(C)CC(O)c1ccc2c(c1)OCCCO2. The topological polar surface area (TPSA) is 51.2 Å². The summed E-state index contributed by atoms with van der Waals surface area (Å²) >= 11 is 0. The van der Waals surface area contributed by atoms with Gasteiger partial charge in [0.1, 0.15) is 0 Å². The summed E-state index contributed by atoms with van der Waals surface area (Å²) in [5.74, 6) is 1.49. The van der Waals surface area contributed by atoms with Gasteiger partial charge in [-0.2, -0.15) is 0 Å². The Kier molecular flexibility index (Phi) is 6.29. The van der Waals surface area contributed by atoms with E-state index >= 15 is 0 Å². The van der Waals surface area contributed by atoms with Crippen LogP contribution in [0.15, 0.2) is 18.2 Å². The van der Waals surface area contributed by atoms with Gasteiger partial charge in [0.2, 0.25) is 0 Å². The number of hydrogen-bond donors (Lipinski definition) is 1. The Hall–Kier alpha value is -1.30. The van der Waals surface area contributed by atoms with Crippen LogP contribution in [0.3, 0.4) is 0 Å². The minimum atomic E-state index is -0.533. The van der Waals surface area contributed by atoms with Gasteiger partial charge in [0.25, 0.3) is 0 Å². The van der Waals surface area contributed by atoms with E-state index in [1.807, 2.05) is 25.2 Å². The van der Waals surface area contributed by atoms with E-state index in [1.165, 1.54) is 0 Å². The second-order valence-corrected chi connectivity index (χ2v) is 5.38. The molecular formula is C16H25NO4. The molecule has 0 saturated carbocycles. The lowest BCUT2D eigenvalue weighted by molar-refractivity contribution is 0.117. The van der Waals surface area contributed by atoms with Gasteiger partial charge in [0.15, 0.2) is 11.5 Å². The van der Waals surface area contributed by atoms with Gasteiger partial charge in [0, 0.05) is 33.2 Å². The lowest BCUT2D eigenvalue weighted by Crippen LogP contribution is -2.26. The summed E-state index contributed by atoms with van der Waals surface area (Å²) in [6.07, 6.45) is 1.31. The molecule has 1 aromatic carbocycles. The quantitative estimate of drug-likeness (QED) is 0.778. The smallest absolute Gasteiger partial charge is 0.161 e. The molecule has 0 aliphatic carbocycles. The number of fused-ring (bicyclic) bond motifs is 1. The van der Waals surface area contributed by atoms with Gasteiger partial charge in [-0.25, -0.2) is 0 Å². The molecule has 1 heterocycles. The van der Waals surface area contributed by atoms with Crippen LogP contribution in [0.1, 0.15) is 24.5 Å². The fourth-order valence-electron chi connectivity index (χ4n) is 2.36. The number of likely N-dealkylation sites (N-methyl/N-ethyl adjacent to an activating group) is 1. The highest BCUT2D eigenvalue weighted by Gasteiger charge is 2.15. The molecular weight excluding hydrogens is 270 g/mol. The monoisotopic (exact) mass is 295 g/mol. The molecule has 2 rings (SSSR count). The van der Waals surface area contributed by atoms with Gasteiger partial charge in [-0.1, -0.05) is 6.07 Å². The molecule has 118 valence electrons. The molecule has 5 heteroatoms. The second kappa shape index (κ2) is 8.22. The van der Waals surface area contributed by atoms with E-state index in [2.05, 4.69) is 4.90 Å². The molecule has 0 radical (unpaired) electrons. The predicted octanol–water partition coefficient (Wildman–Crippen LogP) is 1.85. The molecule has 0 spiro atoms. The number of ether oxygens (including phenoxy) is 3. The first kappa shape index (κ1) is 16.1. The van der Waals surface area contributed by atoms with E-state index in [4.69, 9.17) is 14.2 Å². The van der Waals surface area contributed by atoms with Crippen LogP contribution in [0.4, 0.5) is 0 Å². The van der Waals surface area contributed by atoms with Gasteiger partial charge in [0.05, 0.1) is 19.3 Å². The van der Waals surface area contributed by atoms with Crippen LogP contribution in [0.2, 0.25) is 0 Å². The van der Waals surface area contributed by atoms with Crippen LogP contribution in [0, 0.1) is 0 Å². The molecule has 0 fully saturated rings. The van der Waals surface area contributed by atoms with Gasteiger partial charge in [-0.15, -0.1) is 0 Å². The third kappa shape index (κ3) is 4.88. The van der Waals surface area contributed by atoms with E-state index in [-0.39, 0.29) is 0 Å². The van der Waals surface area contributed by atoms with Crippen LogP contribution in [-0.2, 0) is 4.74 Å². The molecule has 5 nitrogen and oxygen atoms in total. The van der Waals surface area contributed by atoms with Crippen molar-refractivity contribution in [1.82, 2.24) is 4.90 Å². The summed E-state index contributed by atoms with van der Waals surface area (Å²) in [6.45, 7) is 3.56. The third-order valence-electron chi connectivity index (χ3n) is 3.53. The summed E-state index contributed by atoms with van der Waals surface area (Å²) in [5, 5.41) is 10.4. The number of aliphatic hydroxyl groups is 1. The summed E-state index contributed by atoms with van der Waals surface area (Å²) in [4.78, 5) is 2.10. The van der Waals surface area contributed by atoms with Crippen LogP contribution in [-0.4, -0.2) is 57.1 Å². The summed E-state index contributed by atoms with van der Waals surface area (Å²) in [6, 6.07) is 5.67. The minimum Gasteiger partial charge on any atom is -0.490 e. The maximum Gasteiger partial charge on any atom is 0.161 e. The van der Waals surface area contributed by atoms with Gasteiger partial charge in [-0.05, 0) is 31.2 Å². The second-order valence-electron chi connectivity index (χ2n) is 5.38. The van der Waals surface area contributed by atoms with E-state index in [0.29, 0.717) is 19.8 Å². The zero-order chi connectivity index (χ0) is 15.1. The van der Waals surface area contributed by atoms with Crippen LogP contribution in [0.25, 0.3) is 0 Å². The molecule has 1 unspecified atom stereocenters.